The number of nitrogens with zero attached hydrogens (tertiary/aromatic N) is 4. The second kappa shape index (κ2) is 6.72. The average molecular weight is 342 g/mol. The molecule has 112 valence electrons. The molecule has 2 unspecified atom stereocenters. The van der Waals surface area contributed by atoms with Crippen molar-refractivity contribution in [1.82, 2.24) is 14.9 Å². The van der Waals surface area contributed by atoms with Gasteiger partial charge in [-0.25, -0.2) is 4.98 Å². The van der Waals surface area contributed by atoms with Crippen molar-refractivity contribution >= 4 is 27.7 Å². The highest BCUT2D eigenvalue weighted by Crippen LogP contribution is 2.30. The molecule has 0 spiro atoms. The van der Waals surface area contributed by atoms with E-state index < -0.39 is 0 Å². The lowest BCUT2D eigenvalue weighted by atomic mass is 10.1. The van der Waals surface area contributed by atoms with E-state index in [2.05, 4.69) is 69.0 Å². The summed E-state index contributed by atoms with van der Waals surface area (Å²) in [5.74, 6) is 2.35. The van der Waals surface area contributed by atoms with Gasteiger partial charge in [0.25, 0.3) is 0 Å². The molecule has 1 aromatic rings. The Morgan fingerprint density at radius 1 is 1.45 bits per heavy atom. The standard InChI is InChI=1S/C14H24BrN5/c1-5-6-16-14-17-7-11(15)13(18-14)20-8-10(2)12(9-20)19(3)4/h7,10,12H,5-6,8-9H2,1-4H3,(H,16,17,18). The Hall–Kier alpha value is -0.880. The molecule has 1 aliphatic rings. The van der Waals surface area contributed by atoms with Gasteiger partial charge < -0.3 is 15.1 Å². The highest BCUT2D eigenvalue weighted by atomic mass is 79.9. The van der Waals surface area contributed by atoms with E-state index in [0.717, 1.165) is 36.3 Å². The van der Waals surface area contributed by atoms with E-state index in [4.69, 9.17) is 0 Å². The smallest absolute Gasteiger partial charge is 0.224 e. The minimum absolute atomic E-state index is 0.573. The van der Waals surface area contributed by atoms with Crippen LogP contribution in [0, 0.1) is 5.92 Å². The van der Waals surface area contributed by atoms with E-state index in [-0.39, 0.29) is 0 Å². The number of halogens is 1. The van der Waals surface area contributed by atoms with E-state index in [9.17, 15) is 0 Å². The Balaban J connectivity index is 2.16. The third-order valence-electron chi connectivity index (χ3n) is 3.79. The summed E-state index contributed by atoms with van der Waals surface area (Å²) < 4.78 is 0.964. The molecule has 1 aliphatic heterocycles. The van der Waals surface area contributed by atoms with Crippen molar-refractivity contribution in [2.45, 2.75) is 26.3 Å². The summed E-state index contributed by atoms with van der Waals surface area (Å²) in [6.07, 6.45) is 2.91. The molecule has 0 radical (unpaired) electrons. The van der Waals surface area contributed by atoms with Gasteiger partial charge in [-0.05, 0) is 42.4 Å². The second-order valence-electron chi connectivity index (χ2n) is 5.71. The lowest BCUT2D eigenvalue weighted by Crippen LogP contribution is -2.34. The first kappa shape index (κ1) is 15.5. The number of likely N-dealkylation sites (N-methyl/N-ethyl adjacent to an activating group) is 1. The Morgan fingerprint density at radius 2 is 2.20 bits per heavy atom. The molecule has 1 saturated heterocycles. The Morgan fingerprint density at radius 3 is 2.80 bits per heavy atom. The van der Waals surface area contributed by atoms with Crippen molar-refractivity contribution in [1.29, 1.82) is 0 Å². The van der Waals surface area contributed by atoms with Crippen molar-refractivity contribution in [2.24, 2.45) is 5.92 Å². The lowest BCUT2D eigenvalue weighted by Gasteiger charge is -2.23. The van der Waals surface area contributed by atoms with Gasteiger partial charge >= 0.3 is 0 Å². The van der Waals surface area contributed by atoms with Crippen molar-refractivity contribution in [2.75, 3.05) is 43.9 Å². The van der Waals surface area contributed by atoms with Crippen LogP contribution in [-0.4, -0.2) is 54.6 Å². The first-order valence-corrected chi connectivity index (χ1v) is 8.00. The molecule has 1 N–H and O–H groups in total. The van der Waals surface area contributed by atoms with Crippen molar-refractivity contribution in [3.63, 3.8) is 0 Å². The number of anilines is 2. The monoisotopic (exact) mass is 341 g/mol. The minimum atomic E-state index is 0.573. The maximum atomic E-state index is 4.66. The van der Waals surface area contributed by atoms with Gasteiger partial charge in [0.1, 0.15) is 5.82 Å². The Kier molecular flexibility index (Phi) is 5.21. The number of rotatable bonds is 5. The molecule has 0 aromatic carbocycles. The fourth-order valence-electron chi connectivity index (χ4n) is 2.70. The van der Waals surface area contributed by atoms with Gasteiger partial charge in [0.2, 0.25) is 5.95 Å². The van der Waals surface area contributed by atoms with Crippen molar-refractivity contribution < 1.29 is 0 Å². The first-order chi connectivity index (χ1) is 9.52. The molecule has 2 atom stereocenters. The fourth-order valence-corrected chi connectivity index (χ4v) is 3.14. The molecule has 0 bridgehead atoms. The van der Waals surface area contributed by atoms with Gasteiger partial charge in [-0.15, -0.1) is 0 Å². The maximum Gasteiger partial charge on any atom is 0.224 e. The van der Waals surface area contributed by atoms with Gasteiger partial charge in [-0.3, -0.25) is 0 Å². The highest BCUT2D eigenvalue weighted by Gasteiger charge is 2.32. The largest absolute Gasteiger partial charge is 0.354 e. The highest BCUT2D eigenvalue weighted by molar-refractivity contribution is 9.10. The van der Waals surface area contributed by atoms with Crippen LogP contribution < -0.4 is 10.2 Å². The molecule has 0 saturated carbocycles. The zero-order chi connectivity index (χ0) is 14.7. The molecule has 2 heterocycles. The van der Waals surface area contributed by atoms with Gasteiger partial charge in [0, 0.05) is 31.9 Å². The Bertz CT molecular complexity index is 451. The summed E-state index contributed by atoms with van der Waals surface area (Å²) in [7, 11) is 4.29. The molecule has 1 aromatic heterocycles. The minimum Gasteiger partial charge on any atom is -0.354 e. The third kappa shape index (κ3) is 3.41. The number of hydrogen-bond acceptors (Lipinski definition) is 5. The quantitative estimate of drug-likeness (QED) is 0.891. The van der Waals surface area contributed by atoms with Crippen LogP contribution in [0.15, 0.2) is 10.7 Å². The van der Waals surface area contributed by atoms with E-state index in [1.165, 1.54) is 0 Å². The number of hydrogen-bond donors (Lipinski definition) is 1. The maximum absolute atomic E-state index is 4.66. The molecule has 20 heavy (non-hydrogen) atoms. The van der Waals surface area contributed by atoms with Crippen LogP contribution in [-0.2, 0) is 0 Å². The van der Waals surface area contributed by atoms with Crippen molar-refractivity contribution in [3.05, 3.63) is 10.7 Å². The summed E-state index contributed by atoms with van der Waals surface area (Å²) >= 11 is 3.58. The van der Waals surface area contributed by atoms with E-state index in [1.807, 2.05) is 6.20 Å². The predicted octanol–water partition coefficient (Wildman–Crippen LogP) is 2.45. The molecule has 0 aliphatic carbocycles. The SMILES string of the molecule is CCCNc1ncc(Br)c(N2CC(C)C(N(C)C)C2)n1. The topological polar surface area (TPSA) is 44.3 Å². The normalized spacial score (nSPS) is 22.6. The third-order valence-corrected chi connectivity index (χ3v) is 4.35. The van der Waals surface area contributed by atoms with Crippen LogP contribution in [0.3, 0.4) is 0 Å². The first-order valence-electron chi connectivity index (χ1n) is 7.20. The van der Waals surface area contributed by atoms with E-state index in [0.29, 0.717) is 17.9 Å². The van der Waals surface area contributed by atoms with Gasteiger partial charge in [0.15, 0.2) is 0 Å². The van der Waals surface area contributed by atoms with Crippen LogP contribution in [0.25, 0.3) is 0 Å². The lowest BCUT2D eigenvalue weighted by molar-refractivity contribution is 0.266. The van der Waals surface area contributed by atoms with Crippen LogP contribution in [0.1, 0.15) is 20.3 Å². The summed E-state index contributed by atoms with van der Waals surface area (Å²) in [6.45, 7) is 7.38. The molecule has 6 heteroatoms. The molecular formula is C14H24BrN5. The van der Waals surface area contributed by atoms with Gasteiger partial charge in [-0.2, -0.15) is 4.98 Å². The van der Waals surface area contributed by atoms with Gasteiger partial charge in [0.05, 0.1) is 4.47 Å². The number of nitrogens with one attached hydrogen (secondary N) is 1. The average Bonchev–Trinajstić information content (AvgIpc) is 2.80. The van der Waals surface area contributed by atoms with Crippen LogP contribution in [0.2, 0.25) is 0 Å². The zero-order valence-corrected chi connectivity index (χ0v) is 14.3. The fraction of sp³-hybridized carbons (Fsp3) is 0.714. The van der Waals surface area contributed by atoms with Crippen LogP contribution in [0.4, 0.5) is 11.8 Å². The molecular weight excluding hydrogens is 318 g/mol. The zero-order valence-electron chi connectivity index (χ0n) is 12.7. The summed E-state index contributed by atoms with van der Waals surface area (Å²) in [5, 5.41) is 3.25. The Labute approximate surface area is 129 Å². The molecule has 1 fully saturated rings. The summed E-state index contributed by atoms with van der Waals surface area (Å²) in [5.41, 5.74) is 0. The van der Waals surface area contributed by atoms with Crippen LogP contribution >= 0.6 is 15.9 Å². The van der Waals surface area contributed by atoms with Gasteiger partial charge in [-0.1, -0.05) is 13.8 Å². The second-order valence-corrected chi connectivity index (χ2v) is 6.56. The van der Waals surface area contributed by atoms with E-state index >= 15 is 0 Å². The molecule has 0 amide bonds. The summed E-state index contributed by atoms with van der Waals surface area (Å²) in [6, 6.07) is 0.573. The van der Waals surface area contributed by atoms with Crippen molar-refractivity contribution in [3.8, 4) is 0 Å². The molecule has 2 rings (SSSR count). The van der Waals surface area contributed by atoms with E-state index in [1.54, 1.807) is 0 Å². The summed E-state index contributed by atoms with van der Waals surface area (Å²) in [4.78, 5) is 13.6. The number of aromatic nitrogens is 2. The predicted molar refractivity (Wildman–Crippen MR) is 87.4 cm³/mol. The van der Waals surface area contributed by atoms with Crippen LogP contribution in [0.5, 0.6) is 0 Å². The molecule has 5 nitrogen and oxygen atoms in total.